The maximum absolute atomic E-state index is 11.8. The van der Waals surface area contributed by atoms with Crippen molar-refractivity contribution in [2.24, 2.45) is 0 Å². The number of aliphatic hydroxyl groups excluding tert-OH is 1. The zero-order valence-corrected chi connectivity index (χ0v) is 9.58. The first kappa shape index (κ1) is 12.0. The minimum Gasteiger partial charge on any atom is -0.398 e. The minimum atomic E-state index is -3.44. The van der Waals surface area contributed by atoms with Gasteiger partial charge in [-0.15, -0.1) is 0 Å². The van der Waals surface area contributed by atoms with Crippen LogP contribution in [0.1, 0.15) is 12.5 Å². The Balaban J connectivity index is 3.22. The van der Waals surface area contributed by atoms with Crippen LogP contribution in [0, 0.1) is 6.92 Å². The average molecular weight is 229 g/mol. The lowest BCUT2D eigenvalue weighted by molar-refractivity contribution is 0.218. The van der Waals surface area contributed by atoms with E-state index in [9.17, 15) is 8.42 Å². The van der Waals surface area contributed by atoms with Crippen molar-refractivity contribution in [3.05, 3.63) is 23.8 Å². The Morgan fingerprint density at radius 3 is 2.60 bits per heavy atom. The van der Waals surface area contributed by atoms with E-state index in [1.165, 1.54) is 13.0 Å². The Morgan fingerprint density at radius 1 is 1.47 bits per heavy atom. The molecule has 15 heavy (non-hydrogen) atoms. The second-order valence-corrected chi connectivity index (χ2v) is 5.60. The molecule has 0 aliphatic heterocycles. The van der Waals surface area contributed by atoms with Gasteiger partial charge in [-0.1, -0.05) is 6.07 Å². The molecule has 1 atom stereocenters. The van der Waals surface area contributed by atoms with E-state index in [4.69, 9.17) is 10.8 Å². The molecule has 5 heteroatoms. The average Bonchev–Trinajstić information content (AvgIpc) is 2.07. The number of anilines is 1. The van der Waals surface area contributed by atoms with E-state index < -0.39 is 15.9 Å². The molecule has 0 heterocycles. The van der Waals surface area contributed by atoms with Crippen molar-refractivity contribution in [3.8, 4) is 0 Å². The predicted molar refractivity (Wildman–Crippen MR) is 59.3 cm³/mol. The number of aliphatic hydroxyl groups is 1. The van der Waals surface area contributed by atoms with Crippen molar-refractivity contribution in [2.45, 2.75) is 24.8 Å². The molecule has 1 rings (SSSR count). The first-order valence-electron chi connectivity index (χ1n) is 4.60. The Labute approximate surface area is 89.7 Å². The SMILES string of the molecule is Cc1c(N)cccc1S(=O)(=O)CC(C)O. The summed E-state index contributed by atoms with van der Waals surface area (Å²) >= 11 is 0. The molecule has 1 aromatic carbocycles. The fourth-order valence-electron chi connectivity index (χ4n) is 1.38. The molecule has 0 aliphatic carbocycles. The quantitative estimate of drug-likeness (QED) is 0.749. The van der Waals surface area contributed by atoms with Gasteiger partial charge in [-0.05, 0) is 31.5 Å². The number of rotatable bonds is 3. The molecule has 0 aliphatic rings. The lowest BCUT2D eigenvalue weighted by Gasteiger charge is -2.10. The third kappa shape index (κ3) is 2.70. The molecule has 1 aromatic rings. The lowest BCUT2D eigenvalue weighted by Crippen LogP contribution is -2.18. The number of nitrogen functional groups attached to an aromatic ring is 1. The topological polar surface area (TPSA) is 80.4 Å². The standard InChI is InChI=1S/C10H15NO3S/c1-7(12)6-15(13,14)10-5-3-4-9(11)8(10)2/h3-5,7,12H,6,11H2,1-2H3. The highest BCUT2D eigenvalue weighted by Gasteiger charge is 2.19. The molecule has 0 aromatic heterocycles. The summed E-state index contributed by atoms with van der Waals surface area (Å²) in [7, 11) is -3.44. The highest BCUT2D eigenvalue weighted by molar-refractivity contribution is 7.91. The smallest absolute Gasteiger partial charge is 0.181 e. The highest BCUT2D eigenvalue weighted by Crippen LogP contribution is 2.21. The molecule has 84 valence electrons. The predicted octanol–water partition coefficient (Wildman–Crippen LogP) is 0.732. The van der Waals surface area contributed by atoms with Gasteiger partial charge in [-0.25, -0.2) is 8.42 Å². The first-order chi connectivity index (χ1) is 6.84. The largest absolute Gasteiger partial charge is 0.398 e. The van der Waals surface area contributed by atoms with Gasteiger partial charge in [0, 0.05) is 5.69 Å². The zero-order chi connectivity index (χ0) is 11.6. The van der Waals surface area contributed by atoms with E-state index >= 15 is 0 Å². The first-order valence-corrected chi connectivity index (χ1v) is 6.25. The van der Waals surface area contributed by atoms with Crippen LogP contribution in [-0.4, -0.2) is 25.4 Å². The number of sulfone groups is 1. The third-order valence-corrected chi connectivity index (χ3v) is 4.16. The van der Waals surface area contributed by atoms with Crippen LogP contribution >= 0.6 is 0 Å². The van der Waals surface area contributed by atoms with Crippen LogP contribution in [-0.2, 0) is 9.84 Å². The number of hydrogen-bond acceptors (Lipinski definition) is 4. The van der Waals surface area contributed by atoms with E-state index in [0.29, 0.717) is 11.3 Å². The van der Waals surface area contributed by atoms with Crippen molar-refractivity contribution in [2.75, 3.05) is 11.5 Å². The van der Waals surface area contributed by atoms with Crippen LogP contribution in [0.25, 0.3) is 0 Å². The fraction of sp³-hybridized carbons (Fsp3) is 0.400. The Morgan fingerprint density at radius 2 is 2.07 bits per heavy atom. The molecule has 0 spiro atoms. The second kappa shape index (κ2) is 4.20. The lowest BCUT2D eigenvalue weighted by atomic mass is 10.2. The minimum absolute atomic E-state index is 0.198. The van der Waals surface area contributed by atoms with Crippen molar-refractivity contribution in [3.63, 3.8) is 0 Å². The van der Waals surface area contributed by atoms with Gasteiger partial charge in [0.25, 0.3) is 0 Å². The summed E-state index contributed by atoms with van der Waals surface area (Å²) in [6, 6.07) is 4.75. The highest BCUT2D eigenvalue weighted by atomic mass is 32.2. The molecule has 3 N–H and O–H groups in total. The van der Waals surface area contributed by atoms with Gasteiger partial charge >= 0.3 is 0 Å². The molecule has 0 saturated heterocycles. The Hall–Kier alpha value is -1.07. The summed E-state index contributed by atoms with van der Waals surface area (Å²) in [6.45, 7) is 3.10. The van der Waals surface area contributed by atoms with Crippen LogP contribution in [0.2, 0.25) is 0 Å². The summed E-state index contributed by atoms with van der Waals surface area (Å²) < 4.78 is 23.6. The summed E-state index contributed by atoms with van der Waals surface area (Å²) in [5, 5.41) is 9.10. The van der Waals surface area contributed by atoms with Crippen LogP contribution in [0.15, 0.2) is 23.1 Å². The van der Waals surface area contributed by atoms with Gasteiger partial charge < -0.3 is 10.8 Å². The van der Waals surface area contributed by atoms with Crippen LogP contribution in [0.5, 0.6) is 0 Å². The normalized spacial score (nSPS) is 13.8. The fourth-order valence-corrected chi connectivity index (χ4v) is 3.06. The molecule has 0 amide bonds. The number of nitrogens with two attached hydrogens (primary N) is 1. The molecular formula is C10H15NO3S. The van der Waals surface area contributed by atoms with E-state index in [1.807, 2.05) is 0 Å². The Kier molecular flexibility index (Phi) is 3.36. The summed E-state index contributed by atoms with van der Waals surface area (Å²) in [5.41, 5.74) is 6.61. The third-order valence-electron chi connectivity index (χ3n) is 2.12. The van der Waals surface area contributed by atoms with Gasteiger partial charge in [-0.3, -0.25) is 0 Å². The molecule has 0 bridgehead atoms. The van der Waals surface area contributed by atoms with Crippen LogP contribution in [0.4, 0.5) is 5.69 Å². The van der Waals surface area contributed by atoms with Crippen molar-refractivity contribution in [1.82, 2.24) is 0 Å². The second-order valence-electron chi connectivity index (χ2n) is 3.60. The van der Waals surface area contributed by atoms with Crippen LogP contribution in [0.3, 0.4) is 0 Å². The monoisotopic (exact) mass is 229 g/mol. The van der Waals surface area contributed by atoms with E-state index in [2.05, 4.69) is 0 Å². The van der Waals surface area contributed by atoms with E-state index in [0.717, 1.165) is 0 Å². The molecule has 0 radical (unpaired) electrons. The maximum atomic E-state index is 11.8. The van der Waals surface area contributed by atoms with Gasteiger partial charge in [-0.2, -0.15) is 0 Å². The number of benzene rings is 1. The molecule has 0 fully saturated rings. The molecule has 1 unspecified atom stereocenters. The summed E-state index contributed by atoms with van der Waals surface area (Å²) in [6.07, 6.45) is -0.879. The van der Waals surface area contributed by atoms with Crippen molar-refractivity contribution in [1.29, 1.82) is 0 Å². The van der Waals surface area contributed by atoms with E-state index in [1.54, 1.807) is 19.1 Å². The number of hydrogen-bond donors (Lipinski definition) is 2. The van der Waals surface area contributed by atoms with Gasteiger partial charge in [0.2, 0.25) is 0 Å². The van der Waals surface area contributed by atoms with Crippen molar-refractivity contribution < 1.29 is 13.5 Å². The molecule has 0 saturated carbocycles. The summed E-state index contributed by atoms with van der Waals surface area (Å²) in [4.78, 5) is 0.198. The summed E-state index contributed by atoms with van der Waals surface area (Å²) in [5.74, 6) is -0.280. The zero-order valence-electron chi connectivity index (χ0n) is 8.77. The van der Waals surface area contributed by atoms with Gasteiger partial charge in [0.1, 0.15) is 0 Å². The van der Waals surface area contributed by atoms with Crippen molar-refractivity contribution >= 4 is 15.5 Å². The van der Waals surface area contributed by atoms with Gasteiger partial charge in [0.15, 0.2) is 9.84 Å². The molecular weight excluding hydrogens is 214 g/mol. The van der Waals surface area contributed by atoms with Crippen LogP contribution < -0.4 is 5.73 Å². The maximum Gasteiger partial charge on any atom is 0.181 e. The van der Waals surface area contributed by atoms with E-state index in [-0.39, 0.29) is 10.6 Å². The Bertz CT molecular complexity index is 452. The molecule has 4 nitrogen and oxygen atoms in total. The van der Waals surface area contributed by atoms with Gasteiger partial charge in [0.05, 0.1) is 16.8 Å².